The van der Waals surface area contributed by atoms with E-state index in [0.29, 0.717) is 25.0 Å². The Hall–Kier alpha value is -1.26. The number of likely N-dealkylation sites (tertiary alicyclic amines) is 1. The van der Waals surface area contributed by atoms with Crippen molar-refractivity contribution in [1.29, 1.82) is 0 Å². The van der Waals surface area contributed by atoms with Crippen molar-refractivity contribution in [2.45, 2.75) is 44.6 Å². The van der Waals surface area contributed by atoms with Crippen molar-refractivity contribution in [3.63, 3.8) is 0 Å². The van der Waals surface area contributed by atoms with Crippen LogP contribution in [0.5, 0.6) is 0 Å². The van der Waals surface area contributed by atoms with Gasteiger partial charge in [-0.05, 0) is 37.5 Å². The van der Waals surface area contributed by atoms with Gasteiger partial charge in [0.1, 0.15) is 0 Å². The topological polar surface area (TPSA) is 69.6 Å². The summed E-state index contributed by atoms with van der Waals surface area (Å²) in [5, 5.41) is 12.3. The first-order valence-corrected chi connectivity index (χ1v) is 7.43. The molecule has 0 spiro atoms. The Bertz CT molecular complexity index is 375. The maximum absolute atomic E-state index is 12.2. The second-order valence-electron chi connectivity index (χ2n) is 6.28. The van der Waals surface area contributed by atoms with E-state index in [0.717, 1.165) is 25.7 Å². The average Bonchev–Trinajstić information content (AvgIpc) is 2.92. The first-order chi connectivity index (χ1) is 9.15. The molecule has 19 heavy (non-hydrogen) atoms. The minimum Gasteiger partial charge on any atom is -0.481 e. The van der Waals surface area contributed by atoms with Crippen LogP contribution < -0.4 is 5.32 Å². The highest BCUT2D eigenvalue weighted by Gasteiger charge is 2.47. The summed E-state index contributed by atoms with van der Waals surface area (Å²) in [5.74, 6) is -0.396. The Morgan fingerprint density at radius 2 is 1.74 bits per heavy atom. The Kier molecular flexibility index (Phi) is 3.37. The van der Waals surface area contributed by atoms with Crippen molar-refractivity contribution in [1.82, 2.24) is 10.2 Å². The van der Waals surface area contributed by atoms with Crippen LogP contribution in [0.3, 0.4) is 0 Å². The molecule has 2 atom stereocenters. The largest absolute Gasteiger partial charge is 0.481 e. The van der Waals surface area contributed by atoms with Crippen LogP contribution in [0.4, 0.5) is 4.79 Å². The predicted molar refractivity (Wildman–Crippen MR) is 69.7 cm³/mol. The minimum absolute atomic E-state index is 0.0544. The molecular weight excluding hydrogens is 244 g/mol. The van der Waals surface area contributed by atoms with Gasteiger partial charge in [-0.2, -0.15) is 0 Å². The van der Waals surface area contributed by atoms with Crippen LogP contribution in [0.15, 0.2) is 0 Å². The zero-order valence-electron chi connectivity index (χ0n) is 11.2. The lowest BCUT2D eigenvalue weighted by atomic mass is 9.92. The van der Waals surface area contributed by atoms with Crippen LogP contribution in [-0.2, 0) is 4.79 Å². The third-order valence-electron chi connectivity index (χ3n) is 4.88. The molecule has 1 aliphatic heterocycles. The summed E-state index contributed by atoms with van der Waals surface area (Å²) >= 11 is 0. The summed E-state index contributed by atoms with van der Waals surface area (Å²) in [6, 6.07) is 0.247. The van der Waals surface area contributed by atoms with Gasteiger partial charge in [-0.25, -0.2) is 4.79 Å². The van der Waals surface area contributed by atoms with E-state index < -0.39 is 5.97 Å². The molecule has 1 saturated heterocycles. The number of carbonyl (C=O) groups excluding carboxylic acids is 1. The second kappa shape index (κ2) is 5.02. The molecule has 0 aromatic heterocycles. The van der Waals surface area contributed by atoms with E-state index in [1.807, 2.05) is 0 Å². The highest BCUT2D eigenvalue weighted by Crippen LogP contribution is 2.44. The van der Waals surface area contributed by atoms with Gasteiger partial charge in [-0.3, -0.25) is 4.79 Å². The van der Waals surface area contributed by atoms with Gasteiger partial charge in [0.05, 0.1) is 5.92 Å². The van der Waals surface area contributed by atoms with E-state index in [1.165, 1.54) is 12.8 Å². The quantitative estimate of drug-likeness (QED) is 0.816. The number of carboxylic acid groups (broad SMARTS) is 1. The molecule has 0 aromatic carbocycles. The average molecular weight is 266 g/mol. The Labute approximate surface area is 113 Å². The first kappa shape index (κ1) is 12.8. The van der Waals surface area contributed by atoms with E-state index in [-0.39, 0.29) is 17.9 Å². The van der Waals surface area contributed by atoms with Gasteiger partial charge in [-0.1, -0.05) is 12.8 Å². The number of urea groups is 1. The number of aliphatic carboxylic acids is 1. The van der Waals surface area contributed by atoms with Crippen LogP contribution in [0, 0.1) is 17.8 Å². The molecule has 1 heterocycles. The first-order valence-electron chi connectivity index (χ1n) is 7.43. The third kappa shape index (κ3) is 2.69. The Balaban J connectivity index is 1.58. The van der Waals surface area contributed by atoms with Gasteiger partial charge in [0.25, 0.3) is 0 Å². The number of hydrogen-bond donors (Lipinski definition) is 2. The van der Waals surface area contributed by atoms with Crippen molar-refractivity contribution in [3.8, 4) is 0 Å². The fraction of sp³-hybridized carbons (Fsp3) is 0.857. The van der Waals surface area contributed by atoms with Gasteiger partial charge in [-0.15, -0.1) is 0 Å². The second-order valence-corrected chi connectivity index (χ2v) is 6.28. The molecule has 3 aliphatic rings. The standard InChI is InChI=1S/C14H22N2O3/c17-13(18)12-8-16(7-11(12)9-5-6-9)14(19)15-10-3-1-2-4-10/h9-12H,1-8H2,(H,15,19)(H,17,18). The number of amides is 2. The molecule has 5 heteroatoms. The monoisotopic (exact) mass is 266 g/mol. The summed E-state index contributed by atoms with van der Waals surface area (Å²) < 4.78 is 0. The van der Waals surface area contributed by atoms with Gasteiger partial charge < -0.3 is 15.3 Å². The molecule has 2 amide bonds. The molecule has 2 aliphatic carbocycles. The molecule has 2 unspecified atom stereocenters. The molecule has 2 saturated carbocycles. The fourth-order valence-electron chi connectivity index (χ4n) is 3.59. The van der Waals surface area contributed by atoms with E-state index in [2.05, 4.69) is 5.32 Å². The summed E-state index contributed by atoms with van der Waals surface area (Å²) in [4.78, 5) is 25.2. The van der Waals surface area contributed by atoms with Gasteiger partial charge in [0.15, 0.2) is 0 Å². The highest BCUT2D eigenvalue weighted by molar-refractivity contribution is 5.78. The smallest absolute Gasteiger partial charge is 0.317 e. The minimum atomic E-state index is -0.743. The summed E-state index contributed by atoms with van der Waals surface area (Å²) in [6.07, 6.45) is 6.77. The third-order valence-corrected chi connectivity index (χ3v) is 4.88. The van der Waals surface area contributed by atoms with Gasteiger partial charge in [0, 0.05) is 19.1 Å². The van der Waals surface area contributed by atoms with Crippen LogP contribution in [-0.4, -0.2) is 41.1 Å². The van der Waals surface area contributed by atoms with Crippen LogP contribution in [0.2, 0.25) is 0 Å². The SMILES string of the molecule is O=C(O)C1CN(C(=O)NC2CCCC2)CC1C1CC1. The molecule has 2 N–H and O–H groups in total. The number of rotatable bonds is 3. The molecule has 5 nitrogen and oxygen atoms in total. The maximum atomic E-state index is 12.2. The van der Waals surface area contributed by atoms with Crippen molar-refractivity contribution in [2.24, 2.45) is 17.8 Å². The van der Waals surface area contributed by atoms with Crippen molar-refractivity contribution in [3.05, 3.63) is 0 Å². The fourth-order valence-corrected chi connectivity index (χ4v) is 3.59. The van der Waals surface area contributed by atoms with Crippen molar-refractivity contribution in [2.75, 3.05) is 13.1 Å². The van der Waals surface area contributed by atoms with E-state index >= 15 is 0 Å². The van der Waals surface area contributed by atoms with Crippen LogP contribution >= 0.6 is 0 Å². The van der Waals surface area contributed by atoms with E-state index in [4.69, 9.17) is 0 Å². The predicted octanol–water partition coefficient (Wildman–Crippen LogP) is 1.68. The summed E-state index contributed by atoms with van der Waals surface area (Å²) in [7, 11) is 0. The number of nitrogens with one attached hydrogen (secondary N) is 1. The highest BCUT2D eigenvalue weighted by atomic mass is 16.4. The molecule has 0 bridgehead atoms. The molecule has 3 fully saturated rings. The molecule has 3 rings (SSSR count). The molecule has 106 valence electrons. The number of carboxylic acids is 1. The molecule has 0 radical (unpaired) electrons. The summed E-state index contributed by atoms with van der Waals surface area (Å²) in [6.45, 7) is 1.01. The normalized spacial score (nSPS) is 31.7. The van der Waals surface area contributed by atoms with Crippen LogP contribution in [0.25, 0.3) is 0 Å². The Morgan fingerprint density at radius 1 is 1.05 bits per heavy atom. The lowest BCUT2D eigenvalue weighted by molar-refractivity contribution is -0.142. The van der Waals surface area contributed by atoms with Gasteiger partial charge in [0.2, 0.25) is 0 Å². The van der Waals surface area contributed by atoms with Crippen molar-refractivity contribution >= 4 is 12.0 Å². The number of carbonyl (C=O) groups is 2. The van der Waals surface area contributed by atoms with Crippen molar-refractivity contribution < 1.29 is 14.7 Å². The number of hydrogen-bond acceptors (Lipinski definition) is 2. The lowest BCUT2D eigenvalue weighted by Gasteiger charge is -2.20. The van der Waals surface area contributed by atoms with E-state index in [1.54, 1.807) is 4.90 Å². The number of nitrogens with zero attached hydrogens (tertiary/aromatic N) is 1. The van der Waals surface area contributed by atoms with Gasteiger partial charge >= 0.3 is 12.0 Å². The zero-order valence-corrected chi connectivity index (χ0v) is 11.2. The maximum Gasteiger partial charge on any atom is 0.317 e. The zero-order chi connectivity index (χ0) is 13.4. The molecular formula is C14H22N2O3. The van der Waals surface area contributed by atoms with E-state index in [9.17, 15) is 14.7 Å². The molecule has 0 aromatic rings. The lowest BCUT2D eigenvalue weighted by Crippen LogP contribution is -2.43. The summed E-state index contributed by atoms with van der Waals surface area (Å²) in [5.41, 5.74) is 0. The van der Waals surface area contributed by atoms with Crippen LogP contribution in [0.1, 0.15) is 38.5 Å². The Morgan fingerprint density at radius 3 is 2.32 bits per heavy atom.